The summed E-state index contributed by atoms with van der Waals surface area (Å²) in [6.45, 7) is 5.55. The summed E-state index contributed by atoms with van der Waals surface area (Å²) in [4.78, 5) is 6.45. The van der Waals surface area contributed by atoms with E-state index in [1.807, 2.05) is 0 Å². The van der Waals surface area contributed by atoms with Gasteiger partial charge in [0.1, 0.15) is 11.6 Å². The van der Waals surface area contributed by atoms with Crippen molar-refractivity contribution in [3.63, 3.8) is 0 Å². The molecule has 0 radical (unpaired) electrons. The maximum absolute atomic E-state index is 13.3. The number of hydrogen-bond acceptors (Lipinski definition) is 3. The standard InChI is InChI=1S/C14H20FN3/c1-2-6-16-10-12-9-13(15)11-17-14(12)18-7-4-3-5-8-18/h3-4,9,11,16H,2,5-8,10H2,1H3. The average molecular weight is 249 g/mol. The molecule has 0 fully saturated rings. The van der Waals surface area contributed by atoms with E-state index in [4.69, 9.17) is 0 Å². The number of nitrogens with one attached hydrogen (secondary N) is 1. The van der Waals surface area contributed by atoms with Crippen LogP contribution in [-0.4, -0.2) is 24.6 Å². The lowest BCUT2D eigenvalue weighted by Gasteiger charge is -2.26. The third-order valence-electron chi connectivity index (χ3n) is 3.01. The summed E-state index contributed by atoms with van der Waals surface area (Å²) in [5.74, 6) is 0.643. The zero-order valence-electron chi connectivity index (χ0n) is 10.8. The summed E-state index contributed by atoms with van der Waals surface area (Å²) in [5.41, 5.74) is 0.943. The van der Waals surface area contributed by atoms with E-state index in [1.165, 1.54) is 6.20 Å². The largest absolute Gasteiger partial charge is 0.352 e. The quantitative estimate of drug-likeness (QED) is 0.642. The molecule has 0 unspecified atom stereocenters. The molecule has 3 nitrogen and oxygen atoms in total. The van der Waals surface area contributed by atoms with Crippen molar-refractivity contribution >= 4 is 5.82 Å². The topological polar surface area (TPSA) is 28.2 Å². The van der Waals surface area contributed by atoms with Crippen LogP contribution in [0.4, 0.5) is 10.2 Å². The minimum Gasteiger partial charge on any atom is -0.352 e. The predicted molar refractivity (Wildman–Crippen MR) is 72.2 cm³/mol. The van der Waals surface area contributed by atoms with Crippen molar-refractivity contribution in [2.24, 2.45) is 0 Å². The van der Waals surface area contributed by atoms with Crippen molar-refractivity contribution in [2.45, 2.75) is 26.3 Å². The molecule has 1 aliphatic rings. The van der Waals surface area contributed by atoms with Crippen molar-refractivity contribution in [3.8, 4) is 0 Å². The van der Waals surface area contributed by atoms with E-state index in [1.54, 1.807) is 6.07 Å². The molecule has 0 aliphatic carbocycles. The fourth-order valence-electron chi connectivity index (χ4n) is 2.12. The SMILES string of the molecule is CCCNCc1cc(F)cnc1N1CC=CCC1. The second-order valence-corrected chi connectivity index (χ2v) is 4.52. The third kappa shape index (κ3) is 3.29. The highest BCUT2D eigenvalue weighted by atomic mass is 19.1. The third-order valence-corrected chi connectivity index (χ3v) is 3.01. The van der Waals surface area contributed by atoms with Gasteiger partial charge in [-0.25, -0.2) is 9.37 Å². The van der Waals surface area contributed by atoms with Crippen molar-refractivity contribution in [1.29, 1.82) is 0 Å². The Kier molecular flexibility index (Phi) is 4.70. The molecule has 18 heavy (non-hydrogen) atoms. The molecule has 2 rings (SSSR count). The molecule has 0 saturated carbocycles. The molecule has 1 N–H and O–H groups in total. The summed E-state index contributed by atoms with van der Waals surface area (Å²) in [7, 11) is 0. The van der Waals surface area contributed by atoms with Crippen LogP contribution in [0.1, 0.15) is 25.3 Å². The van der Waals surface area contributed by atoms with Gasteiger partial charge in [0.05, 0.1) is 6.20 Å². The van der Waals surface area contributed by atoms with Crippen LogP contribution >= 0.6 is 0 Å². The maximum atomic E-state index is 13.3. The first kappa shape index (κ1) is 13.0. The normalized spacial score (nSPS) is 15.1. The van der Waals surface area contributed by atoms with Gasteiger partial charge in [-0.3, -0.25) is 0 Å². The molecule has 0 spiro atoms. The molecular weight excluding hydrogens is 229 g/mol. The van der Waals surface area contributed by atoms with Gasteiger partial charge >= 0.3 is 0 Å². The number of halogens is 1. The highest BCUT2D eigenvalue weighted by Crippen LogP contribution is 2.20. The van der Waals surface area contributed by atoms with E-state index in [0.29, 0.717) is 6.54 Å². The number of anilines is 1. The van der Waals surface area contributed by atoms with E-state index >= 15 is 0 Å². The fraction of sp³-hybridized carbons (Fsp3) is 0.500. The Hall–Kier alpha value is -1.42. The van der Waals surface area contributed by atoms with Crippen molar-refractivity contribution < 1.29 is 4.39 Å². The Morgan fingerprint density at radius 2 is 2.33 bits per heavy atom. The maximum Gasteiger partial charge on any atom is 0.141 e. The molecule has 0 amide bonds. The molecule has 0 atom stereocenters. The molecule has 98 valence electrons. The fourth-order valence-corrected chi connectivity index (χ4v) is 2.12. The molecule has 0 saturated heterocycles. The molecule has 4 heteroatoms. The van der Waals surface area contributed by atoms with Crippen LogP contribution in [0.15, 0.2) is 24.4 Å². The molecule has 0 aromatic carbocycles. The minimum atomic E-state index is -0.264. The van der Waals surface area contributed by atoms with E-state index in [-0.39, 0.29) is 5.82 Å². The first-order valence-corrected chi connectivity index (χ1v) is 6.56. The van der Waals surface area contributed by atoms with Gasteiger partial charge in [0.15, 0.2) is 0 Å². The Labute approximate surface area is 108 Å². The Balaban J connectivity index is 2.14. The van der Waals surface area contributed by atoms with Gasteiger partial charge in [0.2, 0.25) is 0 Å². The molecular formula is C14H20FN3. The average Bonchev–Trinajstić information content (AvgIpc) is 2.40. The second kappa shape index (κ2) is 6.50. The van der Waals surface area contributed by atoms with Gasteiger partial charge in [-0.05, 0) is 25.5 Å². The minimum absolute atomic E-state index is 0.264. The molecule has 2 heterocycles. The summed E-state index contributed by atoms with van der Waals surface area (Å²) in [6.07, 6.45) is 7.72. The van der Waals surface area contributed by atoms with Gasteiger partial charge in [-0.15, -0.1) is 0 Å². The van der Waals surface area contributed by atoms with Gasteiger partial charge in [-0.1, -0.05) is 19.1 Å². The number of rotatable bonds is 5. The van der Waals surface area contributed by atoms with E-state index in [9.17, 15) is 4.39 Å². The van der Waals surface area contributed by atoms with Crippen LogP contribution in [-0.2, 0) is 6.54 Å². The van der Waals surface area contributed by atoms with Crippen LogP contribution in [0.2, 0.25) is 0 Å². The Bertz CT molecular complexity index is 418. The van der Waals surface area contributed by atoms with Crippen LogP contribution in [0.3, 0.4) is 0 Å². The van der Waals surface area contributed by atoms with Crippen LogP contribution < -0.4 is 10.2 Å². The zero-order valence-corrected chi connectivity index (χ0v) is 10.8. The lowest BCUT2D eigenvalue weighted by Crippen LogP contribution is -2.29. The zero-order chi connectivity index (χ0) is 12.8. The lowest BCUT2D eigenvalue weighted by atomic mass is 10.2. The van der Waals surface area contributed by atoms with Crippen LogP contribution in [0, 0.1) is 5.82 Å². The van der Waals surface area contributed by atoms with Gasteiger partial charge < -0.3 is 10.2 Å². The first-order valence-electron chi connectivity index (χ1n) is 6.56. The Morgan fingerprint density at radius 1 is 1.44 bits per heavy atom. The molecule has 0 bridgehead atoms. The van der Waals surface area contributed by atoms with Crippen molar-refractivity contribution in [3.05, 3.63) is 35.8 Å². The van der Waals surface area contributed by atoms with Crippen LogP contribution in [0.25, 0.3) is 0 Å². The smallest absolute Gasteiger partial charge is 0.141 e. The number of aromatic nitrogens is 1. The number of nitrogens with zero attached hydrogens (tertiary/aromatic N) is 2. The van der Waals surface area contributed by atoms with Crippen LogP contribution in [0.5, 0.6) is 0 Å². The lowest BCUT2D eigenvalue weighted by molar-refractivity contribution is 0.609. The number of hydrogen-bond donors (Lipinski definition) is 1. The molecule has 1 aromatic heterocycles. The van der Waals surface area contributed by atoms with Crippen molar-refractivity contribution in [1.82, 2.24) is 10.3 Å². The number of pyridine rings is 1. The van der Waals surface area contributed by atoms with Crippen molar-refractivity contribution in [2.75, 3.05) is 24.5 Å². The van der Waals surface area contributed by atoms with Gasteiger partial charge in [0, 0.05) is 25.2 Å². The first-order chi connectivity index (χ1) is 8.81. The second-order valence-electron chi connectivity index (χ2n) is 4.52. The van der Waals surface area contributed by atoms with E-state index in [0.717, 1.165) is 43.9 Å². The summed E-state index contributed by atoms with van der Waals surface area (Å²) < 4.78 is 13.3. The Morgan fingerprint density at radius 3 is 3.06 bits per heavy atom. The molecule has 1 aliphatic heterocycles. The summed E-state index contributed by atoms with van der Waals surface area (Å²) >= 11 is 0. The summed E-state index contributed by atoms with van der Waals surface area (Å²) in [6, 6.07) is 1.59. The van der Waals surface area contributed by atoms with Gasteiger partial charge in [-0.2, -0.15) is 0 Å². The monoisotopic (exact) mass is 249 g/mol. The highest BCUT2D eigenvalue weighted by Gasteiger charge is 2.14. The molecule has 1 aromatic rings. The van der Waals surface area contributed by atoms with Gasteiger partial charge in [0.25, 0.3) is 0 Å². The van der Waals surface area contributed by atoms with E-state index in [2.05, 4.69) is 34.3 Å². The summed E-state index contributed by atoms with van der Waals surface area (Å²) in [5, 5.41) is 3.31. The predicted octanol–water partition coefficient (Wildman–Crippen LogP) is 2.49. The highest BCUT2D eigenvalue weighted by molar-refractivity contribution is 5.48. The van der Waals surface area contributed by atoms with E-state index < -0.39 is 0 Å².